The summed E-state index contributed by atoms with van der Waals surface area (Å²) in [5, 5.41) is 27.3. The number of ether oxygens (including phenoxy) is 1. The molecule has 0 aromatic heterocycles. The topological polar surface area (TPSA) is 95.9 Å². The van der Waals surface area contributed by atoms with Gasteiger partial charge in [-0.1, -0.05) is 0 Å². The molecule has 5 nitrogen and oxygen atoms in total. The molecule has 0 bridgehead atoms. The van der Waals surface area contributed by atoms with E-state index < -0.39 is 24.4 Å². The molecule has 1 fully saturated rings. The number of hydrogen-bond acceptors (Lipinski definition) is 5. The standard InChI is InChI=1S/C6H13NO4/c7-1-4-6(10)5(9)3(8)2-11-4/h3-6,8-10H,1-2,7H2/t3-,4-,5-,6-/m1/s1. The molecule has 5 heteroatoms. The molecular formula is C6H13NO4. The smallest absolute Gasteiger partial charge is 0.111 e. The maximum absolute atomic E-state index is 9.19. The summed E-state index contributed by atoms with van der Waals surface area (Å²) in [5.74, 6) is 0. The van der Waals surface area contributed by atoms with Crippen molar-refractivity contribution < 1.29 is 20.1 Å². The Kier molecular flexibility index (Phi) is 2.80. The number of aliphatic hydroxyl groups excluding tert-OH is 3. The normalized spacial score (nSPS) is 45.8. The molecule has 66 valence electrons. The van der Waals surface area contributed by atoms with Crippen LogP contribution in [0.15, 0.2) is 0 Å². The van der Waals surface area contributed by atoms with Crippen molar-refractivity contribution in [3.8, 4) is 0 Å². The van der Waals surface area contributed by atoms with Crippen LogP contribution < -0.4 is 5.73 Å². The summed E-state index contributed by atoms with van der Waals surface area (Å²) >= 11 is 0. The molecule has 1 aliphatic rings. The van der Waals surface area contributed by atoms with Gasteiger partial charge >= 0.3 is 0 Å². The molecular weight excluding hydrogens is 150 g/mol. The molecule has 0 spiro atoms. The van der Waals surface area contributed by atoms with Crippen molar-refractivity contribution in [1.29, 1.82) is 0 Å². The highest BCUT2D eigenvalue weighted by Gasteiger charge is 2.36. The predicted molar refractivity (Wildman–Crippen MR) is 36.8 cm³/mol. The van der Waals surface area contributed by atoms with Crippen molar-refractivity contribution in [2.45, 2.75) is 24.4 Å². The highest BCUT2D eigenvalue weighted by atomic mass is 16.5. The van der Waals surface area contributed by atoms with Gasteiger partial charge in [0.05, 0.1) is 12.7 Å². The fraction of sp³-hybridized carbons (Fsp3) is 1.00. The number of rotatable bonds is 1. The third kappa shape index (κ3) is 1.69. The molecule has 0 unspecified atom stereocenters. The number of nitrogens with two attached hydrogens (primary N) is 1. The van der Waals surface area contributed by atoms with Crippen LogP contribution in [-0.4, -0.2) is 52.9 Å². The number of aliphatic hydroxyl groups is 3. The van der Waals surface area contributed by atoms with Crippen LogP contribution in [-0.2, 0) is 4.74 Å². The predicted octanol–water partition coefficient (Wildman–Crippen LogP) is -2.57. The van der Waals surface area contributed by atoms with Crippen LogP contribution in [0.25, 0.3) is 0 Å². The second-order valence-corrected chi connectivity index (χ2v) is 2.66. The van der Waals surface area contributed by atoms with Crippen LogP contribution in [0, 0.1) is 0 Å². The Hall–Kier alpha value is -0.200. The van der Waals surface area contributed by atoms with Crippen LogP contribution in [0.3, 0.4) is 0 Å². The van der Waals surface area contributed by atoms with E-state index in [1.165, 1.54) is 0 Å². The van der Waals surface area contributed by atoms with Gasteiger partial charge in [0, 0.05) is 6.54 Å². The molecule has 0 amide bonds. The average Bonchev–Trinajstić information content (AvgIpc) is 2.01. The fourth-order valence-electron chi connectivity index (χ4n) is 1.07. The van der Waals surface area contributed by atoms with E-state index in [1.807, 2.05) is 0 Å². The van der Waals surface area contributed by atoms with Crippen LogP contribution in [0.4, 0.5) is 0 Å². The zero-order valence-electron chi connectivity index (χ0n) is 6.05. The highest BCUT2D eigenvalue weighted by molar-refractivity contribution is 4.86. The molecule has 4 atom stereocenters. The monoisotopic (exact) mass is 163 g/mol. The van der Waals surface area contributed by atoms with E-state index in [0.29, 0.717) is 0 Å². The SMILES string of the molecule is NC[C@H]1OC[C@@H](O)[C@@H](O)[C@@H]1O. The van der Waals surface area contributed by atoms with Crippen LogP contribution in [0.1, 0.15) is 0 Å². The first-order valence-corrected chi connectivity index (χ1v) is 3.52. The lowest BCUT2D eigenvalue weighted by atomic mass is 10.0. The van der Waals surface area contributed by atoms with Crippen molar-refractivity contribution in [3.05, 3.63) is 0 Å². The van der Waals surface area contributed by atoms with Gasteiger partial charge in [-0.2, -0.15) is 0 Å². The second kappa shape index (κ2) is 3.46. The van der Waals surface area contributed by atoms with E-state index in [9.17, 15) is 5.11 Å². The molecule has 5 N–H and O–H groups in total. The lowest BCUT2D eigenvalue weighted by Crippen LogP contribution is -2.55. The van der Waals surface area contributed by atoms with Gasteiger partial charge in [-0.25, -0.2) is 0 Å². The van der Waals surface area contributed by atoms with E-state index in [-0.39, 0.29) is 13.2 Å². The maximum atomic E-state index is 9.19. The molecule has 1 aliphatic heterocycles. The van der Waals surface area contributed by atoms with Gasteiger partial charge < -0.3 is 25.8 Å². The maximum Gasteiger partial charge on any atom is 0.111 e. The summed E-state index contributed by atoms with van der Waals surface area (Å²) in [6, 6.07) is 0. The molecule has 1 heterocycles. The Morgan fingerprint density at radius 2 is 1.91 bits per heavy atom. The van der Waals surface area contributed by atoms with Crippen molar-refractivity contribution in [2.24, 2.45) is 5.73 Å². The van der Waals surface area contributed by atoms with E-state index in [4.69, 9.17) is 20.7 Å². The van der Waals surface area contributed by atoms with Crippen molar-refractivity contribution in [1.82, 2.24) is 0 Å². The lowest BCUT2D eigenvalue weighted by molar-refractivity contribution is -0.183. The first kappa shape index (κ1) is 8.89. The Bertz CT molecular complexity index is 130. The van der Waals surface area contributed by atoms with E-state index in [1.54, 1.807) is 0 Å². The number of hydrogen-bond donors (Lipinski definition) is 4. The van der Waals surface area contributed by atoms with Crippen molar-refractivity contribution >= 4 is 0 Å². The summed E-state index contributed by atoms with van der Waals surface area (Å²) in [6.07, 6.45) is -3.79. The summed E-state index contributed by atoms with van der Waals surface area (Å²) in [5.41, 5.74) is 5.22. The van der Waals surface area contributed by atoms with Crippen molar-refractivity contribution in [3.63, 3.8) is 0 Å². The summed E-state index contributed by atoms with van der Waals surface area (Å²) in [7, 11) is 0. The third-order valence-corrected chi connectivity index (χ3v) is 1.84. The summed E-state index contributed by atoms with van der Waals surface area (Å²) < 4.78 is 4.94. The second-order valence-electron chi connectivity index (χ2n) is 2.66. The Labute approximate surface area is 64.4 Å². The van der Waals surface area contributed by atoms with Gasteiger partial charge in [0.2, 0.25) is 0 Å². The molecule has 0 aromatic rings. The Morgan fingerprint density at radius 1 is 1.27 bits per heavy atom. The van der Waals surface area contributed by atoms with Gasteiger partial charge in [0.1, 0.15) is 18.3 Å². The molecule has 0 saturated carbocycles. The zero-order chi connectivity index (χ0) is 8.43. The van der Waals surface area contributed by atoms with E-state index in [0.717, 1.165) is 0 Å². The van der Waals surface area contributed by atoms with Gasteiger partial charge in [-0.3, -0.25) is 0 Å². The molecule has 1 rings (SSSR count). The van der Waals surface area contributed by atoms with Crippen molar-refractivity contribution in [2.75, 3.05) is 13.2 Å². The Balaban J connectivity index is 2.52. The average molecular weight is 163 g/mol. The molecule has 0 aromatic carbocycles. The molecule has 0 aliphatic carbocycles. The molecule has 0 radical (unpaired) electrons. The van der Waals surface area contributed by atoms with Gasteiger partial charge in [-0.05, 0) is 0 Å². The quantitative estimate of drug-likeness (QED) is 0.340. The van der Waals surface area contributed by atoms with Gasteiger partial charge in [0.15, 0.2) is 0 Å². The minimum atomic E-state index is -1.14. The first-order chi connectivity index (χ1) is 5.16. The van der Waals surface area contributed by atoms with Gasteiger partial charge in [0.25, 0.3) is 0 Å². The lowest BCUT2D eigenvalue weighted by Gasteiger charge is -2.34. The van der Waals surface area contributed by atoms with Crippen LogP contribution in [0.2, 0.25) is 0 Å². The third-order valence-electron chi connectivity index (χ3n) is 1.84. The van der Waals surface area contributed by atoms with E-state index in [2.05, 4.69) is 0 Å². The molecule has 11 heavy (non-hydrogen) atoms. The highest BCUT2D eigenvalue weighted by Crippen LogP contribution is 2.14. The summed E-state index contributed by atoms with van der Waals surface area (Å²) in [4.78, 5) is 0. The largest absolute Gasteiger partial charge is 0.388 e. The van der Waals surface area contributed by atoms with Crippen LogP contribution in [0.5, 0.6) is 0 Å². The zero-order valence-corrected chi connectivity index (χ0v) is 6.05. The Morgan fingerprint density at radius 3 is 2.45 bits per heavy atom. The van der Waals surface area contributed by atoms with Crippen LogP contribution >= 0.6 is 0 Å². The van der Waals surface area contributed by atoms with E-state index >= 15 is 0 Å². The minimum Gasteiger partial charge on any atom is -0.388 e. The van der Waals surface area contributed by atoms with Gasteiger partial charge in [-0.15, -0.1) is 0 Å². The summed E-state index contributed by atoms with van der Waals surface area (Å²) in [6.45, 7) is 0.172. The molecule has 1 saturated heterocycles. The minimum absolute atomic E-state index is 0.0279. The first-order valence-electron chi connectivity index (χ1n) is 3.52. The fourth-order valence-corrected chi connectivity index (χ4v) is 1.07.